The number of rotatable bonds is 2. The van der Waals surface area contributed by atoms with E-state index < -0.39 is 5.54 Å². The summed E-state index contributed by atoms with van der Waals surface area (Å²) in [6.07, 6.45) is 5.28. The van der Waals surface area contributed by atoms with Crippen molar-refractivity contribution >= 4 is 11.6 Å². The van der Waals surface area contributed by atoms with Gasteiger partial charge in [-0.15, -0.1) is 0 Å². The first kappa shape index (κ1) is 10.1. The van der Waals surface area contributed by atoms with E-state index in [2.05, 4.69) is 15.6 Å². The fourth-order valence-corrected chi connectivity index (χ4v) is 1.79. The summed E-state index contributed by atoms with van der Waals surface area (Å²) in [5, 5.41) is 6.08. The Labute approximate surface area is 89.1 Å². The Balaban J connectivity index is 2.04. The van der Waals surface area contributed by atoms with Crippen LogP contribution in [-0.4, -0.2) is 23.0 Å². The van der Waals surface area contributed by atoms with Crippen molar-refractivity contribution < 1.29 is 4.79 Å². The van der Waals surface area contributed by atoms with Gasteiger partial charge in [0.15, 0.2) is 0 Å². The lowest BCUT2D eigenvalue weighted by Gasteiger charge is -2.22. The lowest BCUT2D eigenvalue weighted by Crippen LogP contribution is -2.47. The fraction of sp³-hybridized carbons (Fsp3) is 0.455. The summed E-state index contributed by atoms with van der Waals surface area (Å²) in [4.78, 5) is 15.9. The van der Waals surface area contributed by atoms with Crippen molar-refractivity contribution in [3.8, 4) is 0 Å². The Morgan fingerprint density at radius 2 is 2.53 bits per heavy atom. The van der Waals surface area contributed by atoms with Crippen molar-refractivity contribution in [2.75, 3.05) is 11.9 Å². The zero-order chi connectivity index (χ0) is 10.7. The molecule has 1 unspecified atom stereocenters. The van der Waals surface area contributed by atoms with Crippen molar-refractivity contribution in [2.24, 2.45) is 0 Å². The van der Waals surface area contributed by atoms with Crippen molar-refractivity contribution in [2.45, 2.75) is 25.3 Å². The smallest absolute Gasteiger partial charge is 0.244 e. The van der Waals surface area contributed by atoms with Gasteiger partial charge in [-0.2, -0.15) is 0 Å². The molecule has 4 heteroatoms. The van der Waals surface area contributed by atoms with Crippen molar-refractivity contribution in [3.05, 3.63) is 24.5 Å². The minimum absolute atomic E-state index is 0.0213. The van der Waals surface area contributed by atoms with Crippen LogP contribution in [0.1, 0.15) is 19.8 Å². The molecule has 0 spiro atoms. The largest absolute Gasteiger partial charge is 0.323 e. The van der Waals surface area contributed by atoms with Crippen molar-refractivity contribution in [3.63, 3.8) is 0 Å². The Kier molecular flexibility index (Phi) is 2.68. The van der Waals surface area contributed by atoms with Gasteiger partial charge in [0.1, 0.15) is 0 Å². The number of carbonyl (C=O) groups excluding carboxylic acids is 1. The molecule has 1 atom stereocenters. The number of carbonyl (C=O) groups is 1. The molecule has 2 N–H and O–H groups in total. The standard InChI is InChI=1S/C11H15N3O/c1-11(5-3-7-13-11)10(15)14-9-4-2-6-12-8-9/h2,4,6,8,13H,3,5,7H2,1H3,(H,14,15). The molecule has 1 aliphatic rings. The van der Waals surface area contributed by atoms with Crippen molar-refractivity contribution in [1.29, 1.82) is 0 Å². The molecule has 1 fully saturated rings. The summed E-state index contributed by atoms with van der Waals surface area (Å²) >= 11 is 0. The zero-order valence-corrected chi connectivity index (χ0v) is 8.79. The molecule has 15 heavy (non-hydrogen) atoms. The second-order valence-corrected chi connectivity index (χ2v) is 4.06. The van der Waals surface area contributed by atoms with Crippen LogP contribution in [-0.2, 0) is 4.79 Å². The number of aromatic nitrogens is 1. The first-order chi connectivity index (χ1) is 7.21. The van der Waals surface area contributed by atoms with E-state index in [1.165, 1.54) is 0 Å². The lowest BCUT2D eigenvalue weighted by molar-refractivity contribution is -0.121. The van der Waals surface area contributed by atoms with Gasteiger partial charge in [0.05, 0.1) is 17.4 Å². The Morgan fingerprint density at radius 3 is 3.13 bits per heavy atom. The summed E-state index contributed by atoms with van der Waals surface area (Å²) in [6.45, 7) is 2.85. The first-order valence-electron chi connectivity index (χ1n) is 5.17. The van der Waals surface area contributed by atoms with Crippen LogP contribution in [0.3, 0.4) is 0 Å². The van der Waals surface area contributed by atoms with Gasteiger partial charge in [-0.05, 0) is 38.4 Å². The molecule has 2 rings (SSSR count). The summed E-state index contributed by atoms with van der Waals surface area (Å²) in [6, 6.07) is 3.64. The number of hydrogen-bond donors (Lipinski definition) is 2. The molecular weight excluding hydrogens is 190 g/mol. The van der Waals surface area contributed by atoms with Gasteiger partial charge in [-0.1, -0.05) is 0 Å². The number of nitrogens with one attached hydrogen (secondary N) is 2. The second kappa shape index (κ2) is 3.98. The van der Waals surface area contributed by atoms with Crippen LogP contribution < -0.4 is 10.6 Å². The maximum absolute atomic E-state index is 11.9. The quantitative estimate of drug-likeness (QED) is 0.761. The van der Waals surface area contributed by atoms with Gasteiger partial charge in [0.25, 0.3) is 0 Å². The molecule has 1 saturated heterocycles. The number of anilines is 1. The monoisotopic (exact) mass is 205 g/mol. The third-order valence-electron chi connectivity index (χ3n) is 2.79. The average Bonchev–Trinajstić information content (AvgIpc) is 2.68. The van der Waals surface area contributed by atoms with E-state index in [1.54, 1.807) is 18.5 Å². The van der Waals surface area contributed by atoms with E-state index in [1.807, 2.05) is 13.0 Å². The van der Waals surface area contributed by atoms with Gasteiger partial charge in [0.2, 0.25) is 5.91 Å². The highest BCUT2D eigenvalue weighted by molar-refractivity contribution is 5.97. The van der Waals surface area contributed by atoms with Gasteiger partial charge in [0, 0.05) is 6.20 Å². The van der Waals surface area contributed by atoms with Crippen LogP contribution in [0.25, 0.3) is 0 Å². The molecule has 1 aromatic heterocycles. The molecule has 1 aromatic rings. The third kappa shape index (κ3) is 2.15. The summed E-state index contributed by atoms with van der Waals surface area (Å²) in [5.74, 6) is 0.0213. The number of nitrogens with zero attached hydrogens (tertiary/aromatic N) is 1. The van der Waals surface area contributed by atoms with Crippen LogP contribution in [0.2, 0.25) is 0 Å². The summed E-state index contributed by atoms with van der Waals surface area (Å²) in [5.41, 5.74) is 0.327. The third-order valence-corrected chi connectivity index (χ3v) is 2.79. The van der Waals surface area contributed by atoms with E-state index in [0.29, 0.717) is 0 Å². The van der Waals surface area contributed by atoms with E-state index in [9.17, 15) is 4.79 Å². The highest BCUT2D eigenvalue weighted by Gasteiger charge is 2.35. The maximum Gasteiger partial charge on any atom is 0.244 e. The lowest BCUT2D eigenvalue weighted by atomic mass is 9.99. The topological polar surface area (TPSA) is 54.0 Å². The van der Waals surface area contributed by atoms with Gasteiger partial charge >= 0.3 is 0 Å². The van der Waals surface area contributed by atoms with E-state index in [-0.39, 0.29) is 5.91 Å². The number of amides is 1. The summed E-state index contributed by atoms with van der Waals surface area (Å²) in [7, 11) is 0. The molecule has 0 saturated carbocycles. The fourth-order valence-electron chi connectivity index (χ4n) is 1.79. The maximum atomic E-state index is 11.9. The number of pyridine rings is 1. The van der Waals surface area contributed by atoms with Crippen LogP contribution >= 0.6 is 0 Å². The van der Waals surface area contributed by atoms with Crippen LogP contribution in [0, 0.1) is 0 Å². The van der Waals surface area contributed by atoms with Crippen LogP contribution in [0.15, 0.2) is 24.5 Å². The minimum atomic E-state index is -0.421. The minimum Gasteiger partial charge on any atom is -0.323 e. The molecule has 2 heterocycles. The van der Waals surface area contributed by atoms with Gasteiger partial charge < -0.3 is 10.6 Å². The van der Waals surface area contributed by atoms with Crippen LogP contribution in [0.5, 0.6) is 0 Å². The molecular formula is C11H15N3O. The predicted octanol–water partition coefficient (Wildman–Crippen LogP) is 1.16. The van der Waals surface area contributed by atoms with Gasteiger partial charge in [-0.3, -0.25) is 9.78 Å². The van der Waals surface area contributed by atoms with Crippen LogP contribution in [0.4, 0.5) is 5.69 Å². The number of hydrogen-bond acceptors (Lipinski definition) is 3. The molecule has 0 bridgehead atoms. The second-order valence-electron chi connectivity index (χ2n) is 4.06. The highest BCUT2D eigenvalue weighted by Crippen LogP contribution is 2.20. The first-order valence-corrected chi connectivity index (χ1v) is 5.17. The summed E-state index contributed by atoms with van der Waals surface area (Å²) < 4.78 is 0. The highest BCUT2D eigenvalue weighted by atomic mass is 16.2. The van der Waals surface area contributed by atoms with E-state index in [4.69, 9.17) is 0 Å². The predicted molar refractivity (Wildman–Crippen MR) is 58.5 cm³/mol. The normalized spacial score (nSPS) is 25.1. The van der Waals surface area contributed by atoms with E-state index >= 15 is 0 Å². The Morgan fingerprint density at radius 1 is 1.67 bits per heavy atom. The molecule has 1 amide bonds. The Bertz CT molecular complexity index is 344. The van der Waals surface area contributed by atoms with Crippen molar-refractivity contribution in [1.82, 2.24) is 10.3 Å². The van der Waals surface area contributed by atoms with E-state index in [0.717, 1.165) is 25.1 Å². The molecule has 0 aromatic carbocycles. The SMILES string of the molecule is CC1(C(=O)Nc2cccnc2)CCCN1. The molecule has 1 aliphatic heterocycles. The molecule has 4 nitrogen and oxygen atoms in total. The Hall–Kier alpha value is -1.42. The molecule has 0 aliphatic carbocycles. The zero-order valence-electron chi connectivity index (χ0n) is 8.79. The molecule has 80 valence electrons. The average molecular weight is 205 g/mol. The molecule has 0 radical (unpaired) electrons. The van der Waals surface area contributed by atoms with Gasteiger partial charge in [-0.25, -0.2) is 0 Å².